The van der Waals surface area contributed by atoms with Crippen LogP contribution in [0, 0.1) is 0 Å². The van der Waals surface area contributed by atoms with Crippen LogP contribution in [0.15, 0.2) is 89.9 Å². The Balaban J connectivity index is 1.51. The summed E-state index contributed by atoms with van der Waals surface area (Å²) in [6.07, 6.45) is 1.68. The maximum Gasteiger partial charge on any atom is 0.275 e. The van der Waals surface area contributed by atoms with Crippen LogP contribution in [0.1, 0.15) is 28.7 Å². The van der Waals surface area contributed by atoms with Gasteiger partial charge in [0.25, 0.3) is 11.5 Å². The number of nitrogens with one attached hydrogen (secondary N) is 1. The average molecular weight is 465 g/mol. The molecule has 0 saturated heterocycles. The minimum atomic E-state index is -0.265. The van der Waals surface area contributed by atoms with Crippen molar-refractivity contribution in [3.63, 3.8) is 0 Å². The SMILES string of the molecule is CCOc1ccc2ccccc2c1C(=O)NCc1nn(Cc2ccccn2)c(=O)c2ccccc12. The summed E-state index contributed by atoms with van der Waals surface area (Å²) in [6, 6.07) is 24.3. The summed E-state index contributed by atoms with van der Waals surface area (Å²) >= 11 is 0. The lowest BCUT2D eigenvalue weighted by atomic mass is 10.0. The van der Waals surface area contributed by atoms with E-state index in [9.17, 15) is 9.59 Å². The van der Waals surface area contributed by atoms with Gasteiger partial charge < -0.3 is 10.1 Å². The number of nitrogens with zero attached hydrogens (tertiary/aromatic N) is 3. The van der Waals surface area contributed by atoms with Crippen LogP contribution in [0.2, 0.25) is 0 Å². The Bertz CT molecular complexity index is 1580. The van der Waals surface area contributed by atoms with Crippen molar-refractivity contribution in [2.45, 2.75) is 20.0 Å². The van der Waals surface area contributed by atoms with E-state index in [1.807, 2.05) is 79.7 Å². The van der Waals surface area contributed by atoms with Gasteiger partial charge in [-0.2, -0.15) is 5.10 Å². The molecule has 0 aliphatic heterocycles. The minimum Gasteiger partial charge on any atom is -0.493 e. The molecule has 3 aromatic carbocycles. The minimum absolute atomic E-state index is 0.149. The molecule has 0 aliphatic rings. The Kier molecular flexibility index (Phi) is 6.22. The van der Waals surface area contributed by atoms with Gasteiger partial charge in [-0.1, -0.05) is 54.6 Å². The van der Waals surface area contributed by atoms with E-state index in [1.165, 1.54) is 4.68 Å². The number of pyridine rings is 1. The van der Waals surface area contributed by atoms with Crippen molar-refractivity contribution in [3.05, 3.63) is 112 Å². The van der Waals surface area contributed by atoms with Crippen LogP contribution in [0.3, 0.4) is 0 Å². The number of fused-ring (bicyclic) bond motifs is 2. The highest BCUT2D eigenvalue weighted by molar-refractivity contribution is 6.09. The third-order valence-electron chi connectivity index (χ3n) is 5.82. The summed E-state index contributed by atoms with van der Waals surface area (Å²) in [4.78, 5) is 30.8. The molecule has 1 N–H and O–H groups in total. The highest BCUT2D eigenvalue weighted by Gasteiger charge is 2.18. The first kappa shape index (κ1) is 22.3. The van der Waals surface area contributed by atoms with Crippen molar-refractivity contribution in [1.29, 1.82) is 0 Å². The van der Waals surface area contributed by atoms with Gasteiger partial charge in [0.1, 0.15) is 5.75 Å². The Morgan fingerprint density at radius 1 is 0.914 bits per heavy atom. The van der Waals surface area contributed by atoms with Gasteiger partial charge in [-0.05, 0) is 42.0 Å². The molecule has 5 aromatic rings. The fourth-order valence-corrected chi connectivity index (χ4v) is 4.20. The third-order valence-corrected chi connectivity index (χ3v) is 5.82. The van der Waals surface area contributed by atoms with Crippen molar-refractivity contribution in [2.75, 3.05) is 6.61 Å². The summed E-state index contributed by atoms with van der Waals surface area (Å²) in [5.74, 6) is 0.264. The molecule has 7 nitrogen and oxygen atoms in total. The smallest absolute Gasteiger partial charge is 0.275 e. The van der Waals surface area contributed by atoms with Crippen molar-refractivity contribution in [3.8, 4) is 5.75 Å². The van der Waals surface area contributed by atoms with Crippen LogP contribution >= 0.6 is 0 Å². The summed E-state index contributed by atoms with van der Waals surface area (Å²) in [6.45, 7) is 2.72. The van der Waals surface area contributed by atoms with Gasteiger partial charge in [0.2, 0.25) is 0 Å². The first-order valence-electron chi connectivity index (χ1n) is 11.5. The lowest BCUT2D eigenvalue weighted by Gasteiger charge is -2.15. The first-order valence-corrected chi connectivity index (χ1v) is 11.5. The standard InChI is InChI=1S/C28H24N4O3/c1-2-35-25-15-14-19-9-3-4-11-21(19)26(25)27(33)30-17-24-22-12-5-6-13-23(22)28(34)32(31-24)18-20-10-7-8-16-29-20/h3-16H,2,17-18H2,1H3,(H,30,33). The number of amides is 1. The number of benzene rings is 3. The largest absolute Gasteiger partial charge is 0.493 e. The van der Waals surface area contributed by atoms with Gasteiger partial charge in [-0.15, -0.1) is 0 Å². The average Bonchev–Trinajstić information content (AvgIpc) is 2.90. The lowest BCUT2D eigenvalue weighted by molar-refractivity contribution is 0.0948. The number of aromatic nitrogens is 3. The summed E-state index contributed by atoms with van der Waals surface area (Å²) in [7, 11) is 0. The molecular formula is C28H24N4O3. The molecule has 35 heavy (non-hydrogen) atoms. The van der Waals surface area contributed by atoms with E-state index in [0.717, 1.165) is 16.5 Å². The second-order valence-corrected chi connectivity index (χ2v) is 8.05. The zero-order chi connectivity index (χ0) is 24.2. The van der Waals surface area contributed by atoms with Crippen LogP contribution in [-0.2, 0) is 13.1 Å². The van der Waals surface area contributed by atoms with Crippen molar-refractivity contribution >= 4 is 27.5 Å². The van der Waals surface area contributed by atoms with Gasteiger partial charge >= 0.3 is 0 Å². The molecule has 2 heterocycles. The zero-order valence-electron chi connectivity index (χ0n) is 19.3. The maximum absolute atomic E-state index is 13.4. The molecule has 5 rings (SSSR count). The molecule has 0 bridgehead atoms. The van der Waals surface area contributed by atoms with Crippen LogP contribution in [0.25, 0.3) is 21.5 Å². The molecule has 0 saturated carbocycles. The Morgan fingerprint density at radius 3 is 2.43 bits per heavy atom. The highest BCUT2D eigenvalue weighted by atomic mass is 16.5. The van der Waals surface area contributed by atoms with E-state index in [0.29, 0.717) is 34.4 Å². The number of carbonyl (C=O) groups excluding carboxylic acids is 1. The van der Waals surface area contributed by atoms with Gasteiger partial charge in [0.05, 0.1) is 42.0 Å². The van der Waals surface area contributed by atoms with Crippen LogP contribution in [0.5, 0.6) is 5.75 Å². The van der Waals surface area contributed by atoms with Crippen molar-refractivity contribution in [1.82, 2.24) is 20.1 Å². The predicted octanol–water partition coefficient (Wildman–Crippen LogP) is 4.32. The molecule has 0 unspecified atom stereocenters. The molecule has 0 radical (unpaired) electrons. The lowest BCUT2D eigenvalue weighted by Crippen LogP contribution is -2.29. The molecule has 0 atom stereocenters. The molecule has 174 valence electrons. The second-order valence-electron chi connectivity index (χ2n) is 8.05. The molecular weight excluding hydrogens is 440 g/mol. The highest BCUT2D eigenvalue weighted by Crippen LogP contribution is 2.28. The summed E-state index contributed by atoms with van der Waals surface area (Å²) in [5.41, 5.74) is 1.61. The van der Waals surface area contributed by atoms with E-state index in [2.05, 4.69) is 15.4 Å². The normalized spacial score (nSPS) is 11.0. The van der Waals surface area contributed by atoms with Gasteiger partial charge in [-0.25, -0.2) is 4.68 Å². The summed E-state index contributed by atoms with van der Waals surface area (Å²) in [5, 5.41) is 10.6. The fraction of sp³-hybridized carbons (Fsp3) is 0.143. The van der Waals surface area contributed by atoms with Gasteiger partial charge in [0.15, 0.2) is 0 Å². The number of hydrogen-bond acceptors (Lipinski definition) is 5. The van der Waals surface area contributed by atoms with E-state index >= 15 is 0 Å². The van der Waals surface area contributed by atoms with Crippen LogP contribution in [-0.4, -0.2) is 27.3 Å². The van der Waals surface area contributed by atoms with Crippen molar-refractivity contribution < 1.29 is 9.53 Å². The van der Waals surface area contributed by atoms with E-state index in [4.69, 9.17) is 4.74 Å². The Hall–Kier alpha value is -4.52. The molecule has 0 spiro atoms. The Morgan fingerprint density at radius 2 is 1.66 bits per heavy atom. The zero-order valence-corrected chi connectivity index (χ0v) is 19.3. The number of carbonyl (C=O) groups is 1. The van der Waals surface area contributed by atoms with Gasteiger partial charge in [0, 0.05) is 11.6 Å². The molecule has 0 fully saturated rings. The maximum atomic E-state index is 13.4. The number of ether oxygens (including phenoxy) is 1. The second kappa shape index (κ2) is 9.77. The molecule has 0 aliphatic carbocycles. The van der Waals surface area contributed by atoms with E-state index < -0.39 is 0 Å². The van der Waals surface area contributed by atoms with E-state index in [-0.39, 0.29) is 24.6 Å². The topological polar surface area (TPSA) is 86.1 Å². The van der Waals surface area contributed by atoms with Crippen molar-refractivity contribution in [2.24, 2.45) is 0 Å². The molecule has 1 amide bonds. The first-order chi connectivity index (χ1) is 17.2. The number of hydrogen-bond donors (Lipinski definition) is 1. The van der Waals surface area contributed by atoms with Gasteiger partial charge in [-0.3, -0.25) is 14.6 Å². The predicted molar refractivity (Wildman–Crippen MR) is 136 cm³/mol. The Labute approximate surface area is 202 Å². The molecule has 7 heteroatoms. The van der Waals surface area contributed by atoms with Crippen LogP contribution < -0.4 is 15.6 Å². The van der Waals surface area contributed by atoms with Crippen LogP contribution in [0.4, 0.5) is 0 Å². The fourth-order valence-electron chi connectivity index (χ4n) is 4.20. The molecule has 2 aromatic heterocycles. The third kappa shape index (κ3) is 4.48. The summed E-state index contributed by atoms with van der Waals surface area (Å²) < 4.78 is 7.16. The van der Waals surface area contributed by atoms with E-state index in [1.54, 1.807) is 12.3 Å². The quantitative estimate of drug-likeness (QED) is 0.388. The number of rotatable bonds is 7. The monoisotopic (exact) mass is 464 g/mol.